The SMILES string of the molecule is CC[C@H](c1ccc2c(C(F)F)c(OC3CCC(C)CC3)ccc2c1)N1CCC[C@H](CC(=O)O)C1. The highest BCUT2D eigenvalue weighted by atomic mass is 19.3. The monoisotopic (exact) mass is 473 g/mol. The van der Waals surface area contributed by atoms with Crippen molar-refractivity contribution in [2.45, 2.75) is 83.8 Å². The molecule has 0 bridgehead atoms. The third kappa shape index (κ3) is 5.70. The normalized spacial score (nSPS) is 24.9. The molecule has 2 aromatic rings. The Morgan fingerprint density at radius 2 is 1.91 bits per heavy atom. The summed E-state index contributed by atoms with van der Waals surface area (Å²) in [4.78, 5) is 13.6. The predicted octanol–water partition coefficient (Wildman–Crippen LogP) is 7.37. The first-order valence-corrected chi connectivity index (χ1v) is 12.8. The minimum absolute atomic E-state index is 0.00443. The Morgan fingerprint density at radius 1 is 1.15 bits per heavy atom. The Bertz CT molecular complexity index is 987. The van der Waals surface area contributed by atoms with Gasteiger partial charge >= 0.3 is 5.97 Å². The Hall–Kier alpha value is -2.21. The first kappa shape index (κ1) is 24.9. The molecule has 1 saturated heterocycles. The largest absolute Gasteiger partial charge is 0.490 e. The van der Waals surface area contributed by atoms with Crippen LogP contribution in [-0.2, 0) is 4.79 Å². The van der Waals surface area contributed by atoms with Crippen molar-refractivity contribution in [2.24, 2.45) is 11.8 Å². The maximum absolute atomic E-state index is 14.2. The van der Waals surface area contributed by atoms with Crippen LogP contribution < -0.4 is 4.74 Å². The molecule has 1 aliphatic carbocycles. The Labute approximate surface area is 201 Å². The zero-order chi connectivity index (χ0) is 24.2. The third-order valence-electron chi connectivity index (χ3n) is 7.75. The molecule has 0 unspecified atom stereocenters. The van der Waals surface area contributed by atoms with Crippen molar-refractivity contribution in [1.82, 2.24) is 4.90 Å². The number of alkyl halides is 2. The number of piperidine rings is 1. The summed E-state index contributed by atoms with van der Waals surface area (Å²) in [6, 6.07) is 9.59. The molecule has 0 spiro atoms. The summed E-state index contributed by atoms with van der Waals surface area (Å²) in [5, 5.41) is 10.6. The van der Waals surface area contributed by atoms with Crippen LogP contribution >= 0.6 is 0 Å². The second-order valence-electron chi connectivity index (χ2n) is 10.3. The van der Waals surface area contributed by atoms with Crippen molar-refractivity contribution in [1.29, 1.82) is 0 Å². The van der Waals surface area contributed by atoms with Gasteiger partial charge in [0.05, 0.1) is 11.7 Å². The summed E-state index contributed by atoms with van der Waals surface area (Å²) in [7, 11) is 0. The number of carboxylic acids is 1. The average Bonchev–Trinajstić information content (AvgIpc) is 2.80. The van der Waals surface area contributed by atoms with Gasteiger partial charge in [0.25, 0.3) is 6.43 Å². The molecule has 1 aliphatic heterocycles. The Balaban J connectivity index is 1.58. The van der Waals surface area contributed by atoms with Crippen molar-refractivity contribution in [2.75, 3.05) is 13.1 Å². The topological polar surface area (TPSA) is 49.8 Å². The van der Waals surface area contributed by atoms with E-state index in [1.165, 1.54) is 0 Å². The van der Waals surface area contributed by atoms with Crippen LogP contribution in [0.1, 0.15) is 88.8 Å². The molecule has 1 N–H and O–H groups in total. The van der Waals surface area contributed by atoms with Crippen molar-refractivity contribution in [3.8, 4) is 5.75 Å². The van der Waals surface area contributed by atoms with Crippen molar-refractivity contribution in [3.05, 3.63) is 41.5 Å². The summed E-state index contributed by atoms with van der Waals surface area (Å²) in [6.07, 6.45) is 4.40. The number of carboxylic acid groups (broad SMARTS) is 1. The van der Waals surface area contributed by atoms with Crippen LogP contribution in [0, 0.1) is 11.8 Å². The molecule has 4 nitrogen and oxygen atoms in total. The molecular formula is C28H37F2NO3. The van der Waals surface area contributed by atoms with Crippen molar-refractivity contribution < 1.29 is 23.4 Å². The third-order valence-corrected chi connectivity index (χ3v) is 7.75. The van der Waals surface area contributed by atoms with Gasteiger partial charge in [0.2, 0.25) is 0 Å². The number of ether oxygens (including phenoxy) is 1. The van der Waals surface area contributed by atoms with E-state index in [1.54, 1.807) is 6.07 Å². The summed E-state index contributed by atoms with van der Waals surface area (Å²) in [6.45, 7) is 6.05. The van der Waals surface area contributed by atoms with Crippen LogP contribution in [0.15, 0.2) is 30.3 Å². The maximum Gasteiger partial charge on any atom is 0.303 e. The van der Waals surface area contributed by atoms with Crippen LogP contribution in [0.25, 0.3) is 10.8 Å². The fourth-order valence-corrected chi connectivity index (χ4v) is 5.91. The summed E-state index contributed by atoms with van der Waals surface area (Å²) in [5.74, 6) is 0.407. The quantitative estimate of drug-likeness (QED) is 0.435. The second kappa shape index (κ2) is 11.0. The number of aliphatic carboxylic acids is 1. The Morgan fingerprint density at radius 3 is 2.59 bits per heavy atom. The molecule has 2 fully saturated rings. The number of rotatable bonds is 8. The molecule has 4 rings (SSSR count). The number of benzene rings is 2. The van der Waals surface area contributed by atoms with E-state index in [4.69, 9.17) is 4.74 Å². The number of halogens is 2. The van der Waals surface area contributed by atoms with Crippen LogP contribution in [0.4, 0.5) is 8.78 Å². The molecule has 0 radical (unpaired) electrons. The lowest BCUT2D eigenvalue weighted by molar-refractivity contribution is -0.138. The lowest BCUT2D eigenvalue weighted by Gasteiger charge is -2.38. The molecule has 34 heavy (non-hydrogen) atoms. The molecule has 186 valence electrons. The Kier molecular flexibility index (Phi) is 8.07. The first-order chi connectivity index (χ1) is 16.4. The van der Waals surface area contributed by atoms with E-state index < -0.39 is 12.4 Å². The van der Waals surface area contributed by atoms with Gasteiger partial charge in [-0.25, -0.2) is 8.78 Å². The van der Waals surface area contributed by atoms with Gasteiger partial charge in [-0.05, 0) is 91.8 Å². The van der Waals surface area contributed by atoms with Gasteiger partial charge in [-0.2, -0.15) is 0 Å². The second-order valence-corrected chi connectivity index (χ2v) is 10.3. The first-order valence-electron chi connectivity index (χ1n) is 12.8. The zero-order valence-corrected chi connectivity index (χ0v) is 20.3. The van der Waals surface area contributed by atoms with E-state index in [2.05, 4.69) is 18.7 Å². The van der Waals surface area contributed by atoms with E-state index in [0.29, 0.717) is 17.1 Å². The number of likely N-dealkylation sites (tertiary alicyclic amines) is 1. The van der Waals surface area contributed by atoms with E-state index in [9.17, 15) is 18.7 Å². The molecule has 6 heteroatoms. The van der Waals surface area contributed by atoms with Gasteiger partial charge in [0.15, 0.2) is 0 Å². The minimum atomic E-state index is -2.60. The fraction of sp³-hybridized carbons (Fsp3) is 0.607. The van der Waals surface area contributed by atoms with E-state index >= 15 is 0 Å². The highest BCUT2D eigenvalue weighted by Gasteiger charge is 2.28. The molecule has 0 aromatic heterocycles. The molecule has 0 amide bonds. The highest BCUT2D eigenvalue weighted by molar-refractivity contribution is 5.88. The standard InChI is InChI=1S/C28H37F2NO3/c1-3-24(31-14-4-5-19(17-31)15-26(32)33)21-8-12-23-20(16-21)9-13-25(27(23)28(29)30)34-22-10-6-18(2)7-11-22/h8-9,12-13,16,18-19,22,24,28H,3-7,10-11,14-15,17H2,1-2H3,(H,32,33)/t18?,19-,22?,24-/m1/s1. The smallest absolute Gasteiger partial charge is 0.303 e. The lowest BCUT2D eigenvalue weighted by atomic mass is 9.89. The summed E-state index contributed by atoms with van der Waals surface area (Å²) >= 11 is 0. The number of fused-ring (bicyclic) bond motifs is 1. The highest BCUT2D eigenvalue weighted by Crippen LogP contribution is 2.40. The van der Waals surface area contributed by atoms with Gasteiger partial charge in [-0.15, -0.1) is 0 Å². The van der Waals surface area contributed by atoms with Gasteiger partial charge in [-0.3, -0.25) is 9.69 Å². The molecule has 1 saturated carbocycles. The summed E-state index contributed by atoms with van der Waals surface area (Å²) in [5.41, 5.74) is 1.09. The average molecular weight is 474 g/mol. The predicted molar refractivity (Wildman–Crippen MR) is 131 cm³/mol. The van der Waals surface area contributed by atoms with Crippen LogP contribution in [0.5, 0.6) is 5.75 Å². The van der Waals surface area contributed by atoms with Crippen LogP contribution in [0.3, 0.4) is 0 Å². The molecule has 2 atom stereocenters. The van der Waals surface area contributed by atoms with Gasteiger partial charge in [-0.1, -0.05) is 32.0 Å². The van der Waals surface area contributed by atoms with E-state index in [0.717, 1.165) is 69.0 Å². The van der Waals surface area contributed by atoms with E-state index in [1.807, 2.05) is 24.3 Å². The number of carbonyl (C=O) groups is 1. The van der Waals surface area contributed by atoms with Gasteiger partial charge < -0.3 is 9.84 Å². The maximum atomic E-state index is 14.2. The van der Waals surface area contributed by atoms with Crippen molar-refractivity contribution >= 4 is 16.7 Å². The van der Waals surface area contributed by atoms with Crippen LogP contribution in [-0.4, -0.2) is 35.2 Å². The number of hydrogen-bond acceptors (Lipinski definition) is 3. The van der Waals surface area contributed by atoms with Gasteiger partial charge in [0, 0.05) is 19.0 Å². The lowest BCUT2D eigenvalue weighted by Crippen LogP contribution is -2.38. The zero-order valence-electron chi connectivity index (χ0n) is 20.3. The van der Waals surface area contributed by atoms with E-state index in [-0.39, 0.29) is 30.0 Å². The number of hydrogen-bond donors (Lipinski definition) is 1. The molecule has 2 aliphatic rings. The van der Waals surface area contributed by atoms with Crippen molar-refractivity contribution in [3.63, 3.8) is 0 Å². The minimum Gasteiger partial charge on any atom is -0.490 e. The molecule has 1 heterocycles. The fourth-order valence-electron chi connectivity index (χ4n) is 5.91. The molecular weight excluding hydrogens is 436 g/mol. The number of nitrogens with zero attached hydrogens (tertiary/aromatic N) is 1. The molecule has 2 aromatic carbocycles. The summed E-state index contributed by atoms with van der Waals surface area (Å²) < 4.78 is 34.5. The van der Waals surface area contributed by atoms with Crippen LogP contribution in [0.2, 0.25) is 0 Å². The van der Waals surface area contributed by atoms with Gasteiger partial charge in [0.1, 0.15) is 5.75 Å².